The van der Waals surface area contributed by atoms with Gasteiger partial charge in [-0.3, -0.25) is 9.59 Å². The molecule has 0 saturated carbocycles. The smallest absolute Gasteiger partial charge is 0.244 e. The van der Waals surface area contributed by atoms with Crippen molar-refractivity contribution < 1.29 is 14.3 Å². The Hall–Kier alpha value is -2.82. The monoisotopic (exact) mass is 368 g/mol. The van der Waals surface area contributed by atoms with E-state index < -0.39 is 0 Å². The molecule has 0 aromatic heterocycles. The van der Waals surface area contributed by atoms with Crippen molar-refractivity contribution >= 4 is 23.2 Å². The maximum absolute atomic E-state index is 12.4. The van der Waals surface area contributed by atoms with E-state index in [1.165, 1.54) is 17.4 Å². The Morgan fingerprint density at radius 3 is 2.04 bits per heavy atom. The molecule has 1 N–H and O–H groups in total. The number of rotatable bonds is 7. The highest BCUT2D eigenvalue weighted by atomic mass is 16.5. The van der Waals surface area contributed by atoms with Crippen LogP contribution in [0.2, 0.25) is 0 Å². The van der Waals surface area contributed by atoms with E-state index in [-0.39, 0.29) is 24.5 Å². The van der Waals surface area contributed by atoms with Crippen LogP contribution in [0.15, 0.2) is 48.5 Å². The Labute approximate surface area is 161 Å². The third-order valence-electron chi connectivity index (χ3n) is 4.06. The summed E-state index contributed by atoms with van der Waals surface area (Å²) in [6, 6.07) is 14.9. The zero-order chi connectivity index (χ0) is 20.0. The highest BCUT2D eigenvalue weighted by Gasteiger charge is 2.16. The van der Waals surface area contributed by atoms with Crippen LogP contribution in [0.5, 0.6) is 5.75 Å². The summed E-state index contributed by atoms with van der Waals surface area (Å²) < 4.78 is 5.59. The normalized spacial score (nSPS) is 10.8. The van der Waals surface area contributed by atoms with E-state index in [0.29, 0.717) is 17.3 Å². The lowest BCUT2D eigenvalue weighted by molar-refractivity contribution is -0.120. The van der Waals surface area contributed by atoms with Gasteiger partial charge in [0.2, 0.25) is 11.8 Å². The van der Waals surface area contributed by atoms with Crippen molar-refractivity contribution in [2.45, 2.75) is 46.6 Å². The first-order valence-corrected chi connectivity index (χ1v) is 9.21. The Kier molecular flexibility index (Phi) is 6.99. The number of carbonyl (C=O) groups excluding carboxylic acids is 2. The van der Waals surface area contributed by atoms with Crippen LogP contribution in [-0.2, 0) is 9.59 Å². The fourth-order valence-corrected chi connectivity index (χ4v) is 2.66. The third-order valence-corrected chi connectivity index (χ3v) is 4.06. The Morgan fingerprint density at radius 1 is 0.963 bits per heavy atom. The summed E-state index contributed by atoms with van der Waals surface area (Å²) in [5.41, 5.74) is 2.56. The van der Waals surface area contributed by atoms with E-state index in [1.54, 1.807) is 12.1 Å². The van der Waals surface area contributed by atoms with E-state index >= 15 is 0 Å². The molecule has 0 heterocycles. The molecule has 0 bridgehead atoms. The average Bonchev–Trinajstić information content (AvgIpc) is 2.61. The predicted octanol–water partition coefficient (Wildman–Crippen LogP) is 4.59. The fourth-order valence-electron chi connectivity index (χ4n) is 2.66. The molecule has 0 aliphatic rings. The zero-order valence-electron chi connectivity index (χ0n) is 16.7. The fraction of sp³-hybridized carbons (Fsp3) is 0.364. The predicted molar refractivity (Wildman–Crippen MR) is 109 cm³/mol. The average molecular weight is 368 g/mol. The van der Waals surface area contributed by atoms with E-state index in [1.807, 2.05) is 50.2 Å². The second-order valence-electron chi connectivity index (χ2n) is 7.09. The van der Waals surface area contributed by atoms with Crippen LogP contribution in [0, 0.1) is 0 Å². The second-order valence-corrected chi connectivity index (χ2v) is 7.09. The second kappa shape index (κ2) is 9.21. The van der Waals surface area contributed by atoms with Gasteiger partial charge in [0.05, 0.1) is 6.10 Å². The Balaban J connectivity index is 2.03. The van der Waals surface area contributed by atoms with Crippen molar-refractivity contribution in [2.24, 2.45) is 0 Å². The molecule has 0 spiro atoms. The van der Waals surface area contributed by atoms with Gasteiger partial charge in [0.1, 0.15) is 12.3 Å². The van der Waals surface area contributed by atoms with Gasteiger partial charge in [-0.1, -0.05) is 26.0 Å². The molecule has 5 heteroatoms. The molecule has 0 unspecified atom stereocenters. The lowest BCUT2D eigenvalue weighted by Crippen LogP contribution is -2.36. The van der Waals surface area contributed by atoms with Gasteiger partial charge < -0.3 is 15.0 Å². The largest absolute Gasteiger partial charge is 0.491 e. The molecule has 0 atom stereocenters. The summed E-state index contributed by atoms with van der Waals surface area (Å²) in [6.45, 7) is 9.56. The number of anilines is 2. The van der Waals surface area contributed by atoms with Gasteiger partial charge in [-0.05, 0) is 61.7 Å². The van der Waals surface area contributed by atoms with Crippen molar-refractivity contribution in [1.29, 1.82) is 0 Å². The van der Waals surface area contributed by atoms with Crippen LogP contribution in [0.4, 0.5) is 11.4 Å². The molecule has 0 saturated heterocycles. The summed E-state index contributed by atoms with van der Waals surface area (Å²) in [7, 11) is 0. The Morgan fingerprint density at radius 2 is 1.56 bits per heavy atom. The number of carbonyl (C=O) groups is 2. The summed E-state index contributed by atoms with van der Waals surface area (Å²) >= 11 is 0. The summed E-state index contributed by atoms with van der Waals surface area (Å²) in [4.78, 5) is 25.9. The minimum Gasteiger partial charge on any atom is -0.491 e. The molecule has 0 fully saturated rings. The molecule has 2 aromatic carbocycles. The van der Waals surface area contributed by atoms with Crippen LogP contribution < -0.4 is 15.0 Å². The number of ether oxygens (including phenoxy) is 1. The van der Waals surface area contributed by atoms with Gasteiger partial charge >= 0.3 is 0 Å². The molecule has 0 radical (unpaired) electrons. The van der Waals surface area contributed by atoms with Crippen LogP contribution in [-0.4, -0.2) is 24.5 Å². The van der Waals surface area contributed by atoms with E-state index in [4.69, 9.17) is 4.74 Å². The zero-order valence-corrected chi connectivity index (χ0v) is 16.7. The number of hydrogen-bond donors (Lipinski definition) is 1. The van der Waals surface area contributed by atoms with Gasteiger partial charge in [-0.15, -0.1) is 0 Å². The lowest BCUT2D eigenvalue weighted by atomic mass is 10.0. The summed E-state index contributed by atoms with van der Waals surface area (Å²) in [5.74, 6) is 0.730. The van der Waals surface area contributed by atoms with Gasteiger partial charge in [0.25, 0.3) is 0 Å². The van der Waals surface area contributed by atoms with Crippen molar-refractivity contribution in [1.82, 2.24) is 0 Å². The standard InChI is InChI=1S/C22H28N2O3/c1-15(2)18-6-10-20(11-7-18)24(17(5)25)14-22(26)23-19-8-12-21(13-9-19)27-16(3)4/h6-13,15-16H,14H2,1-5H3,(H,23,26). The van der Waals surface area contributed by atoms with Crippen molar-refractivity contribution in [3.63, 3.8) is 0 Å². The topological polar surface area (TPSA) is 58.6 Å². The minimum atomic E-state index is -0.254. The van der Waals surface area contributed by atoms with Crippen molar-refractivity contribution in [2.75, 3.05) is 16.8 Å². The van der Waals surface area contributed by atoms with Gasteiger partial charge in [0.15, 0.2) is 0 Å². The van der Waals surface area contributed by atoms with Crippen LogP contribution in [0.1, 0.15) is 46.1 Å². The third kappa shape index (κ3) is 6.13. The molecular weight excluding hydrogens is 340 g/mol. The molecule has 0 aliphatic heterocycles. The SMILES string of the molecule is CC(=O)N(CC(=O)Nc1ccc(OC(C)C)cc1)c1ccc(C(C)C)cc1. The quantitative estimate of drug-likeness (QED) is 0.778. The first kappa shape index (κ1) is 20.5. The molecule has 5 nitrogen and oxygen atoms in total. The van der Waals surface area contributed by atoms with Crippen molar-refractivity contribution in [3.05, 3.63) is 54.1 Å². The molecule has 27 heavy (non-hydrogen) atoms. The van der Waals surface area contributed by atoms with Gasteiger partial charge in [-0.2, -0.15) is 0 Å². The van der Waals surface area contributed by atoms with E-state index in [9.17, 15) is 9.59 Å². The molecule has 2 amide bonds. The first-order chi connectivity index (χ1) is 12.8. The molecule has 2 rings (SSSR count). The highest BCUT2D eigenvalue weighted by Crippen LogP contribution is 2.21. The number of nitrogens with one attached hydrogen (secondary N) is 1. The highest BCUT2D eigenvalue weighted by molar-refractivity contribution is 6.01. The molecular formula is C22H28N2O3. The number of nitrogens with zero attached hydrogens (tertiary/aromatic N) is 1. The summed E-state index contributed by atoms with van der Waals surface area (Å²) in [5, 5.41) is 2.82. The van der Waals surface area contributed by atoms with Crippen LogP contribution in [0.25, 0.3) is 0 Å². The van der Waals surface area contributed by atoms with Gasteiger partial charge in [0, 0.05) is 18.3 Å². The Bertz CT molecular complexity index is 765. The maximum Gasteiger partial charge on any atom is 0.244 e. The maximum atomic E-state index is 12.4. The van der Waals surface area contributed by atoms with E-state index in [2.05, 4.69) is 19.2 Å². The van der Waals surface area contributed by atoms with Crippen LogP contribution in [0.3, 0.4) is 0 Å². The lowest BCUT2D eigenvalue weighted by Gasteiger charge is -2.21. The number of amides is 2. The minimum absolute atomic E-state index is 0.0411. The van der Waals surface area contributed by atoms with E-state index in [0.717, 1.165) is 5.75 Å². The molecule has 2 aromatic rings. The van der Waals surface area contributed by atoms with Crippen LogP contribution >= 0.6 is 0 Å². The summed E-state index contributed by atoms with van der Waals surface area (Å²) in [6.07, 6.45) is 0.0941. The first-order valence-electron chi connectivity index (χ1n) is 9.21. The molecule has 144 valence electrons. The van der Waals surface area contributed by atoms with Gasteiger partial charge in [-0.25, -0.2) is 0 Å². The van der Waals surface area contributed by atoms with Crippen molar-refractivity contribution in [3.8, 4) is 5.75 Å². The molecule has 0 aliphatic carbocycles. The number of hydrogen-bond acceptors (Lipinski definition) is 3. The number of benzene rings is 2.